The van der Waals surface area contributed by atoms with Gasteiger partial charge in [0.15, 0.2) is 15.5 Å². The summed E-state index contributed by atoms with van der Waals surface area (Å²) in [6.45, 7) is 5.56. The van der Waals surface area contributed by atoms with Gasteiger partial charge in [0.05, 0.1) is 39.9 Å². The van der Waals surface area contributed by atoms with Crippen molar-refractivity contribution in [2.45, 2.75) is 39.2 Å². The smallest absolute Gasteiger partial charge is 0.254 e. The van der Waals surface area contributed by atoms with Crippen LogP contribution in [-0.2, 0) is 9.84 Å². The molecule has 0 radical (unpaired) electrons. The number of amides is 1. The fourth-order valence-corrected chi connectivity index (χ4v) is 6.70. The zero-order valence-corrected chi connectivity index (χ0v) is 19.3. The molecule has 5 rings (SSSR count). The molecule has 3 aromatic rings. The largest absolute Gasteiger partial charge is 0.338 e. The highest BCUT2D eigenvalue weighted by Gasteiger charge is 2.33. The minimum Gasteiger partial charge on any atom is -0.338 e. The van der Waals surface area contributed by atoms with E-state index < -0.39 is 9.84 Å². The number of carbonyl (C=O) groups is 1. The highest BCUT2D eigenvalue weighted by Crippen LogP contribution is 2.33. The number of pyridine rings is 1. The van der Waals surface area contributed by atoms with Crippen molar-refractivity contribution < 1.29 is 13.2 Å². The molecule has 2 atom stereocenters. The van der Waals surface area contributed by atoms with E-state index in [9.17, 15) is 13.2 Å². The second-order valence-corrected chi connectivity index (χ2v) is 11.4. The maximum absolute atomic E-state index is 13.7. The Morgan fingerprint density at radius 1 is 1.16 bits per heavy atom. The number of piperidine rings is 1. The Kier molecular flexibility index (Phi) is 5.28. The first-order valence-electron chi connectivity index (χ1n) is 11.3. The lowest BCUT2D eigenvalue weighted by Crippen LogP contribution is -2.39. The molecular weight excluding hydrogens is 424 g/mol. The summed E-state index contributed by atoms with van der Waals surface area (Å²) in [6, 6.07) is 11.4. The van der Waals surface area contributed by atoms with Crippen molar-refractivity contribution in [3.05, 3.63) is 47.7 Å². The van der Waals surface area contributed by atoms with Gasteiger partial charge in [0.2, 0.25) is 0 Å². The number of hydrogen-bond acceptors (Lipinski definition) is 5. The lowest BCUT2D eigenvalue weighted by Gasteiger charge is -2.31. The summed E-state index contributed by atoms with van der Waals surface area (Å²) in [7, 11) is -3.08. The van der Waals surface area contributed by atoms with Crippen LogP contribution in [0.1, 0.15) is 48.3 Å². The third-order valence-corrected chi connectivity index (χ3v) is 8.39. The Bertz CT molecular complexity index is 1280. The third kappa shape index (κ3) is 3.81. The Morgan fingerprint density at radius 3 is 2.62 bits per heavy atom. The van der Waals surface area contributed by atoms with Crippen LogP contribution in [0.3, 0.4) is 0 Å². The first kappa shape index (κ1) is 21.1. The summed E-state index contributed by atoms with van der Waals surface area (Å²) in [5.74, 6) is 0.704. The van der Waals surface area contributed by atoms with Crippen molar-refractivity contribution in [1.82, 2.24) is 19.7 Å². The highest BCUT2D eigenvalue weighted by molar-refractivity contribution is 7.91. The van der Waals surface area contributed by atoms with Gasteiger partial charge in [0, 0.05) is 18.7 Å². The van der Waals surface area contributed by atoms with E-state index in [2.05, 4.69) is 6.92 Å². The van der Waals surface area contributed by atoms with E-state index in [0.717, 1.165) is 36.9 Å². The van der Waals surface area contributed by atoms with Crippen LogP contribution in [-0.4, -0.2) is 58.6 Å². The molecule has 7 nitrogen and oxygen atoms in total. The minimum absolute atomic E-state index is 0.00262. The van der Waals surface area contributed by atoms with Crippen LogP contribution < -0.4 is 0 Å². The van der Waals surface area contributed by atoms with Gasteiger partial charge < -0.3 is 4.90 Å². The first-order valence-corrected chi connectivity index (χ1v) is 13.1. The fraction of sp³-hybridized carbons (Fsp3) is 0.458. The maximum atomic E-state index is 13.7. The van der Waals surface area contributed by atoms with E-state index in [4.69, 9.17) is 10.1 Å². The predicted molar refractivity (Wildman–Crippen MR) is 124 cm³/mol. The Labute approximate surface area is 188 Å². The number of rotatable bonds is 3. The van der Waals surface area contributed by atoms with Crippen LogP contribution in [0.5, 0.6) is 0 Å². The monoisotopic (exact) mass is 452 g/mol. The number of fused-ring (bicyclic) bond motifs is 1. The summed E-state index contributed by atoms with van der Waals surface area (Å²) >= 11 is 0. The van der Waals surface area contributed by atoms with Crippen LogP contribution in [0.15, 0.2) is 36.4 Å². The summed E-state index contributed by atoms with van der Waals surface area (Å²) in [5.41, 5.74) is 3.53. The highest BCUT2D eigenvalue weighted by atomic mass is 32.2. The van der Waals surface area contributed by atoms with Crippen molar-refractivity contribution in [3.8, 4) is 11.3 Å². The molecular formula is C24H28N4O3S. The first-order chi connectivity index (χ1) is 15.3. The molecule has 168 valence electrons. The number of nitrogens with zero attached hydrogens (tertiary/aromatic N) is 4. The van der Waals surface area contributed by atoms with Gasteiger partial charge in [-0.15, -0.1) is 0 Å². The van der Waals surface area contributed by atoms with Gasteiger partial charge in [-0.3, -0.25) is 4.79 Å². The molecule has 2 fully saturated rings. The van der Waals surface area contributed by atoms with Crippen molar-refractivity contribution in [2.24, 2.45) is 5.92 Å². The van der Waals surface area contributed by atoms with Crippen molar-refractivity contribution >= 4 is 26.8 Å². The summed E-state index contributed by atoms with van der Waals surface area (Å²) in [6.07, 6.45) is 2.66. The Hall–Kier alpha value is -2.74. The van der Waals surface area contributed by atoms with Crippen LogP contribution >= 0.6 is 0 Å². The topological polar surface area (TPSA) is 85.2 Å². The van der Waals surface area contributed by atoms with Gasteiger partial charge in [-0.05, 0) is 38.2 Å². The van der Waals surface area contributed by atoms with E-state index >= 15 is 0 Å². The standard InChI is InChI=1S/C24H28N4O3S/c1-16-7-6-11-27(14-16)24(29)20-13-21(18-8-4-3-5-9-18)25-23-22(20)17(2)26-28(23)19-10-12-32(30,31)15-19/h3-5,8-9,13,16,19H,6-7,10-12,14-15H2,1-2H3. The average molecular weight is 453 g/mol. The van der Waals surface area contributed by atoms with Crippen LogP contribution in [0.4, 0.5) is 0 Å². The van der Waals surface area contributed by atoms with E-state index in [0.29, 0.717) is 34.9 Å². The van der Waals surface area contributed by atoms with Gasteiger partial charge in [0.1, 0.15) is 0 Å². The summed E-state index contributed by atoms with van der Waals surface area (Å²) in [5, 5.41) is 5.43. The zero-order chi connectivity index (χ0) is 22.5. The number of benzene rings is 1. The molecule has 4 heterocycles. The molecule has 2 aromatic heterocycles. The molecule has 1 aromatic carbocycles. The Morgan fingerprint density at radius 2 is 1.94 bits per heavy atom. The molecule has 8 heteroatoms. The molecule has 2 aliphatic heterocycles. The predicted octanol–water partition coefficient (Wildman–Crippen LogP) is 3.64. The molecule has 0 saturated carbocycles. The van der Waals surface area contributed by atoms with Gasteiger partial charge in [-0.1, -0.05) is 37.3 Å². The molecule has 2 aliphatic rings. The average Bonchev–Trinajstić information content (AvgIpc) is 3.32. The number of sulfone groups is 1. The van der Waals surface area contributed by atoms with E-state index in [1.54, 1.807) is 4.68 Å². The molecule has 1 amide bonds. The molecule has 32 heavy (non-hydrogen) atoms. The van der Waals surface area contributed by atoms with Crippen LogP contribution in [0.2, 0.25) is 0 Å². The van der Waals surface area contributed by atoms with E-state index in [-0.39, 0.29) is 23.5 Å². The molecule has 2 saturated heterocycles. The van der Waals surface area contributed by atoms with Crippen LogP contribution in [0.25, 0.3) is 22.3 Å². The van der Waals surface area contributed by atoms with Crippen LogP contribution in [0, 0.1) is 12.8 Å². The lowest BCUT2D eigenvalue weighted by atomic mass is 9.98. The minimum atomic E-state index is -3.08. The number of aryl methyl sites for hydroxylation is 1. The Balaban J connectivity index is 1.69. The van der Waals surface area contributed by atoms with Crippen molar-refractivity contribution in [1.29, 1.82) is 0 Å². The molecule has 0 N–H and O–H groups in total. The zero-order valence-electron chi connectivity index (χ0n) is 18.5. The second-order valence-electron chi connectivity index (χ2n) is 9.21. The fourth-order valence-electron chi connectivity index (χ4n) is 5.01. The SMILES string of the molecule is Cc1nn(C2CCS(=O)(=O)C2)c2nc(-c3ccccc3)cc(C(=O)N3CCCC(C)C3)c12. The molecule has 0 spiro atoms. The second kappa shape index (κ2) is 7.99. The van der Waals surface area contributed by atoms with E-state index in [1.807, 2.05) is 48.2 Å². The van der Waals surface area contributed by atoms with Crippen molar-refractivity contribution in [2.75, 3.05) is 24.6 Å². The normalized spacial score (nSPS) is 23.0. The molecule has 0 aliphatic carbocycles. The van der Waals surface area contributed by atoms with Gasteiger partial charge in [-0.2, -0.15) is 5.10 Å². The van der Waals surface area contributed by atoms with Gasteiger partial charge >= 0.3 is 0 Å². The van der Waals surface area contributed by atoms with E-state index in [1.165, 1.54) is 0 Å². The maximum Gasteiger partial charge on any atom is 0.254 e. The number of carbonyl (C=O) groups excluding carboxylic acids is 1. The van der Waals surface area contributed by atoms with Gasteiger partial charge in [-0.25, -0.2) is 18.1 Å². The van der Waals surface area contributed by atoms with Crippen molar-refractivity contribution in [3.63, 3.8) is 0 Å². The third-order valence-electron chi connectivity index (χ3n) is 6.64. The number of aromatic nitrogens is 3. The summed E-state index contributed by atoms with van der Waals surface area (Å²) in [4.78, 5) is 20.5. The molecule has 0 bridgehead atoms. The number of likely N-dealkylation sites (tertiary alicyclic amines) is 1. The summed E-state index contributed by atoms with van der Waals surface area (Å²) < 4.78 is 26.0. The quantitative estimate of drug-likeness (QED) is 0.606. The van der Waals surface area contributed by atoms with Gasteiger partial charge in [0.25, 0.3) is 5.91 Å². The number of hydrogen-bond donors (Lipinski definition) is 0. The molecule has 2 unspecified atom stereocenters. The lowest BCUT2D eigenvalue weighted by molar-refractivity contribution is 0.0685.